The molecular weight excluding hydrogens is 140 g/mol. The number of rotatable bonds is 1. The first-order valence-corrected chi connectivity index (χ1v) is 3.45. The van der Waals surface area contributed by atoms with Gasteiger partial charge in [-0.2, -0.15) is 0 Å². The second-order valence-electron chi connectivity index (χ2n) is 2.43. The molecule has 2 N–H and O–H groups in total. The number of carbonyl (C=O) groups excluding carboxylic acids is 1. The van der Waals surface area contributed by atoms with Crippen LogP contribution in [0.2, 0.25) is 0 Å². The average molecular weight is 148 g/mol. The van der Waals surface area contributed by atoms with Gasteiger partial charge in [-0.15, -0.1) is 0 Å². The Labute approximate surface area is 64.4 Å². The van der Waals surface area contributed by atoms with Crippen molar-refractivity contribution in [1.82, 2.24) is 5.32 Å². The van der Waals surface area contributed by atoms with Crippen molar-refractivity contribution >= 4 is 17.3 Å². The monoisotopic (exact) mass is 148 g/mol. The summed E-state index contributed by atoms with van der Waals surface area (Å²) in [7, 11) is 1.63. The maximum Gasteiger partial charge on any atom is 0.253 e. The van der Waals surface area contributed by atoms with Gasteiger partial charge in [0.25, 0.3) is 5.91 Å². The third-order valence-corrected chi connectivity index (χ3v) is 1.73. The van der Waals surface area contributed by atoms with Crippen LogP contribution in [0.15, 0.2) is 18.2 Å². The van der Waals surface area contributed by atoms with Crippen LogP contribution in [0, 0.1) is 0 Å². The summed E-state index contributed by atoms with van der Waals surface area (Å²) in [5.74, 6) is -0.0353. The molecule has 0 aliphatic carbocycles. The van der Waals surface area contributed by atoms with Gasteiger partial charge in [0.15, 0.2) is 0 Å². The van der Waals surface area contributed by atoms with Crippen LogP contribution in [0.4, 0.5) is 11.4 Å². The van der Waals surface area contributed by atoms with Crippen LogP contribution in [-0.2, 0) is 0 Å². The van der Waals surface area contributed by atoms with E-state index in [1.807, 2.05) is 12.1 Å². The Bertz CT molecular complexity index is 320. The van der Waals surface area contributed by atoms with Gasteiger partial charge in [0.2, 0.25) is 0 Å². The number of hydrogen-bond donors (Lipinski definition) is 2. The number of anilines is 2. The van der Waals surface area contributed by atoms with Gasteiger partial charge < -0.3 is 10.6 Å². The molecule has 0 aromatic heterocycles. The van der Waals surface area contributed by atoms with E-state index in [9.17, 15) is 4.79 Å². The van der Waals surface area contributed by atoms with E-state index in [2.05, 4.69) is 10.6 Å². The smallest absolute Gasteiger partial charge is 0.253 e. The topological polar surface area (TPSA) is 51.0 Å². The molecule has 3 nitrogen and oxygen atoms in total. The average Bonchev–Trinajstić information content (AvgIpc) is 2.80. The lowest BCUT2D eigenvalue weighted by Crippen LogP contribution is -2.17. The predicted molar refractivity (Wildman–Crippen MR) is 43.1 cm³/mol. The molecule has 1 amide bonds. The van der Waals surface area contributed by atoms with E-state index in [-0.39, 0.29) is 5.91 Å². The van der Waals surface area contributed by atoms with Crippen LogP contribution < -0.4 is 10.6 Å². The van der Waals surface area contributed by atoms with Crippen molar-refractivity contribution in [2.24, 2.45) is 0 Å². The summed E-state index contributed by atoms with van der Waals surface area (Å²) >= 11 is 0. The molecule has 0 saturated carbocycles. The van der Waals surface area contributed by atoms with Gasteiger partial charge in [-0.1, -0.05) is 6.07 Å². The first kappa shape index (κ1) is 6.22. The molecule has 1 aliphatic heterocycles. The highest BCUT2D eigenvalue weighted by Crippen LogP contribution is 2.41. The van der Waals surface area contributed by atoms with Gasteiger partial charge in [-0.25, -0.2) is 0 Å². The minimum Gasteiger partial charge on any atom is -0.355 e. The molecule has 0 spiro atoms. The summed E-state index contributed by atoms with van der Waals surface area (Å²) in [4.78, 5) is 11.1. The van der Waals surface area contributed by atoms with Gasteiger partial charge in [-0.05, 0) is 12.1 Å². The van der Waals surface area contributed by atoms with Crippen LogP contribution in [0.3, 0.4) is 0 Å². The molecule has 0 unspecified atom stereocenters. The van der Waals surface area contributed by atoms with Crippen molar-refractivity contribution in [2.75, 3.05) is 12.4 Å². The Balaban J connectivity index is 2.41. The summed E-state index contributed by atoms with van der Waals surface area (Å²) in [5.41, 5.74) is 2.75. The number of fused-ring (bicyclic) bond motifs is 1. The van der Waals surface area contributed by atoms with Crippen LogP contribution in [-0.4, -0.2) is 13.0 Å². The SMILES string of the molecule is CNC(=O)c1cccc2c1N2. The molecule has 0 fully saturated rings. The van der Waals surface area contributed by atoms with E-state index < -0.39 is 0 Å². The number of amides is 1. The fraction of sp³-hybridized carbons (Fsp3) is 0.125. The van der Waals surface area contributed by atoms with E-state index in [1.54, 1.807) is 13.1 Å². The lowest BCUT2D eigenvalue weighted by Gasteiger charge is -1.94. The van der Waals surface area contributed by atoms with Gasteiger partial charge in [-0.3, -0.25) is 4.79 Å². The van der Waals surface area contributed by atoms with Crippen LogP contribution in [0.1, 0.15) is 10.4 Å². The zero-order chi connectivity index (χ0) is 7.84. The summed E-state index contributed by atoms with van der Waals surface area (Å²) in [6.07, 6.45) is 0. The largest absolute Gasteiger partial charge is 0.355 e. The van der Waals surface area contributed by atoms with Crippen LogP contribution in [0.5, 0.6) is 0 Å². The molecular formula is C8H8N2O. The maximum absolute atomic E-state index is 11.1. The molecule has 3 heteroatoms. The second kappa shape index (κ2) is 1.99. The minimum atomic E-state index is -0.0353. The lowest BCUT2D eigenvalue weighted by atomic mass is 10.2. The lowest BCUT2D eigenvalue weighted by molar-refractivity contribution is 0.0964. The van der Waals surface area contributed by atoms with E-state index in [4.69, 9.17) is 0 Å². The number of para-hydroxylation sites is 1. The summed E-state index contributed by atoms with van der Waals surface area (Å²) < 4.78 is 0. The highest BCUT2D eigenvalue weighted by molar-refractivity contribution is 6.09. The van der Waals surface area contributed by atoms with Crippen molar-refractivity contribution in [3.8, 4) is 0 Å². The van der Waals surface area contributed by atoms with Crippen molar-refractivity contribution in [3.05, 3.63) is 23.8 Å². The van der Waals surface area contributed by atoms with Gasteiger partial charge >= 0.3 is 0 Å². The molecule has 0 radical (unpaired) electrons. The maximum atomic E-state index is 11.1. The predicted octanol–water partition coefficient (Wildman–Crippen LogP) is 1.10. The molecule has 11 heavy (non-hydrogen) atoms. The molecule has 0 atom stereocenters. The summed E-state index contributed by atoms with van der Waals surface area (Å²) in [5, 5.41) is 5.59. The Morgan fingerprint density at radius 1 is 1.55 bits per heavy atom. The molecule has 1 aromatic carbocycles. The molecule has 2 rings (SSSR count). The van der Waals surface area contributed by atoms with Crippen molar-refractivity contribution in [2.45, 2.75) is 0 Å². The normalized spacial score (nSPS) is 11.4. The number of benzene rings is 1. The summed E-state index contributed by atoms with van der Waals surface area (Å²) in [6, 6.07) is 5.61. The first-order valence-electron chi connectivity index (χ1n) is 3.45. The summed E-state index contributed by atoms with van der Waals surface area (Å²) in [6.45, 7) is 0. The number of nitrogens with one attached hydrogen (secondary N) is 2. The fourth-order valence-electron chi connectivity index (χ4n) is 1.09. The van der Waals surface area contributed by atoms with E-state index in [1.165, 1.54) is 0 Å². The highest BCUT2D eigenvalue weighted by atomic mass is 16.1. The van der Waals surface area contributed by atoms with Gasteiger partial charge in [0.1, 0.15) is 0 Å². The van der Waals surface area contributed by atoms with Gasteiger partial charge in [0, 0.05) is 7.05 Å². The zero-order valence-electron chi connectivity index (χ0n) is 6.14. The molecule has 0 bridgehead atoms. The molecule has 1 heterocycles. The third kappa shape index (κ3) is 0.852. The highest BCUT2D eigenvalue weighted by Gasteiger charge is 2.22. The van der Waals surface area contributed by atoms with Crippen molar-refractivity contribution in [3.63, 3.8) is 0 Å². The third-order valence-electron chi connectivity index (χ3n) is 1.73. The second-order valence-corrected chi connectivity index (χ2v) is 2.43. The van der Waals surface area contributed by atoms with Gasteiger partial charge in [0.05, 0.1) is 16.9 Å². The van der Waals surface area contributed by atoms with Crippen LogP contribution in [0.25, 0.3) is 0 Å². The molecule has 56 valence electrons. The van der Waals surface area contributed by atoms with E-state index in [0.29, 0.717) is 0 Å². The Hall–Kier alpha value is -1.51. The quantitative estimate of drug-likeness (QED) is 0.595. The standard InChI is InChI=1S/C8H8N2O/c1-9-8(11)5-3-2-4-6-7(5)10-6/h2-4,10H,1H3,(H,9,11). The molecule has 0 saturated heterocycles. The molecule has 1 aromatic rings. The van der Waals surface area contributed by atoms with E-state index >= 15 is 0 Å². The Morgan fingerprint density at radius 3 is 3.09 bits per heavy atom. The minimum absolute atomic E-state index is 0.0353. The zero-order valence-corrected chi connectivity index (χ0v) is 6.14. The first-order chi connectivity index (χ1) is 5.33. The number of hydrogen-bond acceptors (Lipinski definition) is 2. The van der Waals surface area contributed by atoms with Crippen LogP contribution >= 0.6 is 0 Å². The number of carbonyl (C=O) groups is 1. The fourth-order valence-corrected chi connectivity index (χ4v) is 1.09. The van der Waals surface area contributed by atoms with Crippen molar-refractivity contribution < 1.29 is 4.79 Å². The van der Waals surface area contributed by atoms with Crippen molar-refractivity contribution in [1.29, 1.82) is 0 Å². The van der Waals surface area contributed by atoms with E-state index in [0.717, 1.165) is 16.9 Å². The Morgan fingerprint density at radius 2 is 2.36 bits per heavy atom. The molecule has 1 aliphatic rings. The Kier molecular flexibility index (Phi) is 1.12.